The van der Waals surface area contributed by atoms with Crippen LogP contribution < -0.4 is 0 Å². The number of carbonyl (C=O) groups excluding carboxylic acids is 1. The van der Waals surface area contributed by atoms with E-state index in [0.717, 1.165) is 10.3 Å². The van der Waals surface area contributed by atoms with Crippen LogP contribution >= 0.6 is 11.3 Å². The van der Waals surface area contributed by atoms with Crippen molar-refractivity contribution >= 4 is 33.0 Å². The summed E-state index contributed by atoms with van der Waals surface area (Å²) in [5.41, 5.74) is 1.55. The lowest BCUT2D eigenvalue weighted by Gasteiger charge is -2.34. The third-order valence-electron chi connectivity index (χ3n) is 5.43. The standard InChI is InChI=1S/C22H22FN3O4S/c1-30-14-17-20-18(23)6-3-7-19(20)31-21(17)22(27)25-10-8-24(9-11-25)13-15-4-2-5-16(12-15)26(28)29/h2-7,12H,8-11,13-14H2,1H3. The lowest BCUT2D eigenvalue weighted by atomic mass is 10.1. The molecule has 3 aromatic rings. The molecular formula is C22H22FN3O4S. The van der Waals surface area contributed by atoms with Crippen molar-refractivity contribution in [1.29, 1.82) is 0 Å². The zero-order chi connectivity index (χ0) is 22.0. The molecule has 7 nitrogen and oxygen atoms in total. The van der Waals surface area contributed by atoms with Crippen LogP contribution in [-0.4, -0.2) is 53.9 Å². The van der Waals surface area contributed by atoms with Crippen molar-refractivity contribution in [3.05, 3.63) is 74.4 Å². The summed E-state index contributed by atoms with van der Waals surface area (Å²) in [6.07, 6.45) is 0. The number of halogens is 1. The number of benzene rings is 2. The number of thiophene rings is 1. The summed E-state index contributed by atoms with van der Waals surface area (Å²) >= 11 is 1.30. The fourth-order valence-corrected chi connectivity index (χ4v) is 5.09. The van der Waals surface area contributed by atoms with E-state index in [2.05, 4.69) is 4.90 Å². The molecule has 1 fully saturated rings. The maximum absolute atomic E-state index is 14.4. The number of ether oxygens (including phenoxy) is 1. The Kier molecular flexibility index (Phi) is 6.26. The summed E-state index contributed by atoms with van der Waals surface area (Å²) in [4.78, 5) is 28.3. The molecule has 0 aliphatic carbocycles. The van der Waals surface area contributed by atoms with E-state index in [0.29, 0.717) is 48.6 Å². The molecule has 1 amide bonds. The summed E-state index contributed by atoms with van der Waals surface area (Å²) in [5.74, 6) is -0.454. The second-order valence-electron chi connectivity index (χ2n) is 7.45. The molecule has 0 spiro atoms. The smallest absolute Gasteiger partial charge is 0.269 e. The van der Waals surface area contributed by atoms with E-state index in [9.17, 15) is 19.3 Å². The summed E-state index contributed by atoms with van der Waals surface area (Å²) in [7, 11) is 1.53. The van der Waals surface area contributed by atoms with Gasteiger partial charge < -0.3 is 9.64 Å². The van der Waals surface area contributed by atoms with Gasteiger partial charge in [0, 0.05) is 67.6 Å². The maximum Gasteiger partial charge on any atom is 0.269 e. The first-order chi connectivity index (χ1) is 15.0. The number of carbonyl (C=O) groups is 1. The van der Waals surface area contributed by atoms with Crippen LogP contribution in [0.4, 0.5) is 10.1 Å². The third-order valence-corrected chi connectivity index (χ3v) is 6.62. The molecule has 1 saturated heterocycles. The third kappa shape index (κ3) is 4.43. The molecule has 0 atom stereocenters. The molecule has 0 unspecified atom stereocenters. The van der Waals surface area contributed by atoms with E-state index >= 15 is 0 Å². The normalized spacial score (nSPS) is 14.8. The number of methoxy groups -OCH3 is 1. The van der Waals surface area contributed by atoms with Crippen LogP contribution in [0, 0.1) is 15.9 Å². The number of rotatable bonds is 6. The molecule has 162 valence electrons. The lowest BCUT2D eigenvalue weighted by molar-refractivity contribution is -0.384. The molecular weight excluding hydrogens is 421 g/mol. The summed E-state index contributed by atoms with van der Waals surface area (Å²) < 4.78 is 20.4. The summed E-state index contributed by atoms with van der Waals surface area (Å²) in [5, 5.41) is 11.4. The van der Waals surface area contributed by atoms with Gasteiger partial charge in [-0.05, 0) is 17.7 Å². The lowest BCUT2D eigenvalue weighted by Crippen LogP contribution is -2.48. The summed E-state index contributed by atoms with van der Waals surface area (Å²) in [6.45, 7) is 3.16. The van der Waals surface area contributed by atoms with Crippen molar-refractivity contribution in [2.24, 2.45) is 0 Å². The van der Waals surface area contributed by atoms with Crippen molar-refractivity contribution in [3.8, 4) is 0 Å². The van der Waals surface area contributed by atoms with E-state index in [1.807, 2.05) is 12.1 Å². The van der Waals surface area contributed by atoms with Gasteiger partial charge in [0.15, 0.2) is 0 Å². The Balaban J connectivity index is 1.46. The molecule has 0 N–H and O–H groups in total. The molecule has 1 aliphatic heterocycles. The molecule has 1 aromatic heterocycles. The summed E-state index contributed by atoms with van der Waals surface area (Å²) in [6, 6.07) is 11.5. The number of nitro groups is 1. The largest absolute Gasteiger partial charge is 0.380 e. The molecule has 4 rings (SSSR count). The van der Waals surface area contributed by atoms with Crippen LogP contribution in [0.5, 0.6) is 0 Å². The monoisotopic (exact) mass is 443 g/mol. The first-order valence-corrected chi connectivity index (χ1v) is 10.7. The van der Waals surface area contributed by atoms with Crippen molar-refractivity contribution in [2.75, 3.05) is 33.3 Å². The number of nitrogens with zero attached hydrogens (tertiary/aromatic N) is 3. The molecule has 0 saturated carbocycles. The van der Waals surface area contributed by atoms with Gasteiger partial charge >= 0.3 is 0 Å². The Bertz CT molecular complexity index is 1130. The van der Waals surface area contributed by atoms with Crippen LogP contribution in [-0.2, 0) is 17.9 Å². The number of fused-ring (bicyclic) bond motifs is 1. The van der Waals surface area contributed by atoms with Crippen molar-refractivity contribution in [3.63, 3.8) is 0 Å². The molecule has 9 heteroatoms. The topological polar surface area (TPSA) is 75.9 Å². The van der Waals surface area contributed by atoms with Gasteiger partial charge in [-0.15, -0.1) is 11.3 Å². The zero-order valence-electron chi connectivity index (χ0n) is 17.0. The quantitative estimate of drug-likeness (QED) is 0.424. The minimum absolute atomic E-state index is 0.0778. The first kappa shape index (κ1) is 21.4. The highest BCUT2D eigenvalue weighted by Crippen LogP contribution is 2.34. The van der Waals surface area contributed by atoms with Gasteiger partial charge in [0.05, 0.1) is 16.4 Å². The van der Waals surface area contributed by atoms with Gasteiger partial charge in [-0.25, -0.2) is 4.39 Å². The molecule has 0 radical (unpaired) electrons. The van der Waals surface area contributed by atoms with Crippen LogP contribution in [0.15, 0.2) is 42.5 Å². The highest BCUT2D eigenvalue weighted by atomic mass is 32.1. The average molecular weight is 444 g/mol. The van der Waals surface area contributed by atoms with Crippen molar-refractivity contribution in [2.45, 2.75) is 13.2 Å². The number of non-ortho nitro benzene ring substituents is 1. The number of hydrogen-bond donors (Lipinski definition) is 0. The van der Waals surface area contributed by atoms with Gasteiger partial charge in [0.1, 0.15) is 5.82 Å². The molecule has 0 bridgehead atoms. The Morgan fingerprint density at radius 2 is 1.94 bits per heavy atom. The number of hydrogen-bond acceptors (Lipinski definition) is 6. The fourth-order valence-electron chi connectivity index (χ4n) is 3.90. The fraction of sp³-hybridized carbons (Fsp3) is 0.318. The maximum atomic E-state index is 14.4. The average Bonchev–Trinajstić information content (AvgIpc) is 3.14. The van der Waals surface area contributed by atoms with E-state index < -0.39 is 4.92 Å². The minimum atomic E-state index is -0.397. The van der Waals surface area contributed by atoms with Crippen LogP contribution in [0.1, 0.15) is 20.8 Å². The Labute approximate surface area is 182 Å². The molecule has 2 aromatic carbocycles. The van der Waals surface area contributed by atoms with E-state index in [1.54, 1.807) is 23.1 Å². The van der Waals surface area contributed by atoms with E-state index in [-0.39, 0.29) is 24.0 Å². The van der Waals surface area contributed by atoms with Crippen molar-refractivity contribution < 1.29 is 18.8 Å². The van der Waals surface area contributed by atoms with Crippen LogP contribution in [0.2, 0.25) is 0 Å². The van der Waals surface area contributed by atoms with Gasteiger partial charge in [-0.2, -0.15) is 0 Å². The van der Waals surface area contributed by atoms with Crippen LogP contribution in [0.25, 0.3) is 10.1 Å². The molecule has 2 heterocycles. The zero-order valence-corrected chi connectivity index (χ0v) is 17.9. The van der Waals surface area contributed by atoms with Gasteiger partial charge in [-0.1, -0.05) is 18.2 Å². The van der Waals surface area contributed by atoms with Crippen molar-refractivity contribution in [1.82, 2.24) is 9.80 Å². The van der Waals surface area contributed by atoms with Gasteiger partial charge in [0.25, 0.3) is 11.6 Å². The second kappa shape index (κ2) is 9.09. The predicted molar refractivity (Wildman–Crippen MR) is 117 cm³/mol. The number of piperazine rings is 1. The Hall–Kier alpha value is -2.88. The van der Waals surface area contributed by atoms with Gasteiger partial charge in [0.2, 0.25) is 0 Å². The minimum Gasteiger partial charge on any atom is -0.380 e. The number of nitro benzene ring substituents is 1. The first-order valence-electron chi connectivity index (χ1n) is 9.91. The van der Waals surface area contributed by atoms with Crippen LogP contribution in [0.3, 0.4) is 0 Å². The van der Waals surface area contributed by atoms with Gasteiger partial charge in [-0.3, -0.25) is 19.8 Å². The Morgan fingerprint density at radius 3 is 2.65 bits per heavy atom. The molecule has 31 heavy (non-hydrogen) atoms. The SMILES string of the molecule is COCc1c(C(=O)N2CCN(Cc3cccc([N+](=O)[O-])c3)CC2)sc2cccc(F)c12. The number of amides is 1. The highest BCUT2D eigenvalue weighted by Gasteiger charge is 2.27. The highest BCUT2D eigenvalue weighted by molar-refractivity contribution is 7.21. The second-order valence-corrected chi connectivity index (χ2v) is 8.50. The van der Waals surface area contributed by atoms with E-state index in [4.69, 9.17) is 4.74 Å². The molecule has 1 aliphatic rings. The van der Waals surface area contributed by atoms with E-state index in [1.165, 1.54) is 30.6 Å². The predicted octanol–water partition coefficient (Wildman–Crippen LogP) is 4.05. The Morgan fingerprint density at radius 1 is 1.19 bits per heavy atom.